The van der Waals surface area contributed by atoms with Gasteiger partial charge in [0.25, 0.3) is 0 Å². The number of nitrogens with zero attached hydrogens (tertiary/aromatic N) is 4. The van der Waals surface area contributed by atoms with E-state index in [1.54, 1.807) is 0 Å². The molecule has 32 heavy (non-hydrogen) atoms. The number of anilines is 2. The van der Waals surface area contributed by atoms with E-state index < -0.39 is 0 Å². The molecule has 0 radical (unpaired) electrons. The second-order valence-corrected chi connectivity index (χ2v) is 8.40. The van der Waals surface area contributed by atoms with Crippen LogP contribution in [0.25, 0.3) is 16.9 Å². The predicted octanol–water partition coefficient (Wildman–Crippen LogP) is 4.23. The molecule has 1 saturated heterocycles. The smallest absolute Gasteiger partial charge is 0.163 e. The van der Waals surface area contributed by atoms with Gasteiger partial charge >= 0.3 is 0 Å². The van der Waals surface area contributed by atoms with Crippen LogP contribution in [0.2, 0.25) is 0 Å². The van der Waals surface area contributed by atoms with Crippen LogP contribution in [-0.4, -0.2) is 32.7 Å². The Morgan fingerprint density at radius 2 is 1.88 bits per heavy atom. The number of nitrogens with two attached hydrogens (primary N) is 1. The van der Waals surface area contributed by atoms with Gasteiger partial charge < -0.3 is 16.4 Å². The molecule has 0 spiro atoms. The Bertz CT molecular complexity index is 1150. The second-order valence-electron chi connectivity index (χ2n) is 8.40. The molecule has 4 heterocycles. The van der Waals surface area contributed by atoms with Gasteiger partial charge in [0.1, 0.15) is 11.6 Å². The van der Waals surface area contributed by atoms with E-state index in [1.807, 2.05) is 41.2 Å². The van der Waals surface area contributed by atoms with E-state index in [0.717, 1.165) is 22.7 Å². The summed E-state index contributed by atoms with van der Waals surface area (Å²) >= 11 is 0. The molecule has 0 bridgehead atoms. The highest BCUT2D eigenvalue weighted by atomic mass is 15.3. The van der Waals surface area contributed by atoms with Crippen molar-refractivity contribution in [2.75, 3.05) is 24.1 Å². The number of hydrogen-bond donors (Lipinski definition) is 3. The Balaban J connectivity index is 0.000000383. The van der Waals surface area contributed by atoms with Crippen LogP contribution in [0.5, 0.6) is 0 Å². The van der Waals surface area contributed by atoms with E-state index in [9.17, 15) is 0 Å². The fourth-order valence-corrected chi connectivity index (χ4v) is 3.95. The maximum Gasteiger partial charge on any atom is 0.163 e. The minimum atomic E-state index is 0.512. The zero-order valence-electron chi connectivity index (χ0n) is 18.2. The number of nitrogen functional groups attached to an aromatic ring is 1. The minimum absolute atomic E-state index is 0.512. The Labute approximate surface area is 188 Å². The van der Waals surface area contributed by atoms with Gasteiger partial charge in [0.2, 0.25) is 0 Å². The molecule has 4 aromatic rings. The van der Waals surface area contributed by atoms with Crippen molar-refractivity contribution in [2.24, 2.45) is 0 Å². The summed E-state index contributed by atoms with van der Waals surface area (Å²) in [5.74, 6) is 1.96. The number of pyridine rings is 1. The zero-order chi connectivity index (χ0) is 21.8. The topological polar surface area (TPSA) is 93.2 Å². The summed E-state index contributed by atoms with van der Waals surface area (Å²) in [5, 5.41) is 11.2. The molecule has 4 N–H and O–H groups in total. The molecule has 0 amide bonds. The van der Waals surface area contributed by atoms with Crippen molar-refractivity contribution in [1.82, 2.24) is 24.9 Å². The molecule has 1 saturated carbocycles. The maximum absolute atomic E-state index is 6.03. The number of nitrogens with one attached hydrogen (secondary N) is 2. The van der Waals surface area contributed by atoms with E-state index in [1.165, 1.54) is 49.9 Å². The maximum atomic E-state index is 6.03. The highest BCUT2D eigenvalue weighted by Crippen LogP contribution is 2.42. The lowest BCUT2D eigenvalue weighted by Gasteiger charge is -2.10. The second kappa shape index (κ2) is 9.36. The molecule has 0 unspecified atom stereocenters. The Hall–Kier alpha value is -3.45. The molecule has 1 aliphatic carbocycles. The lowest BCUT2D eigenvalue weighted by Crippen LogP contribution is -2.07. The fraction of sp³-hybridized carbons (Fsp3) is 0.320. The largest absolute Gasteiger partial charge is 0.384 e. The molecule has 1 aromatic carbocycles. The van der Waals surface area contributed by atoms with Crippen molar-refractivity contribution in [2.45, 2.75) is 38.1 Å². The SMILES string of the molecule is C1CCNC1.Nc1cc(NCc2ccc(-c3ccccn3)cc2)n2ncc(C3CC3)c2n1. The molecular formula is C25H29N7. The van der Waals surface area contributed by atoms with E-state index in [4.69, 9.17) is 5.73 Å². The number of aromatic nitrogens is 4. The van der Waals surface area contributed by atoms with Gasteiger partial charge in [-0.15, -0.1) is 0 Å². The van der Waals surface area contributed by atoms with Gasteiger partial charge in [0.15, 0.2) is 5.65 Å². The molecule has 7 nitrogen and oxygen atoms in total. The van der Waals surface area contributed by atoms with Gasteiger partial charge in [-0.25, -0.2) is 4.98 Å². The van der Waals surface area contributed by atoms with Crippen molar-refractivity contribution in [3.63, 3.8) is 0 Å². The van der Waals surface area contributed by atoms with E-state index in [2.05, 4.69) is 50.0 Å². The van der Waals surface area contributed by atoms with E-state index >= 15 is 0 Å². The number of rotatable bonds is 5. The summed E-state index contributed by atoms with van der Waals surface area (Å²) in [7, 11) is 0. The van der Waals surface area contributed by atoms with Crippen LogP contribution in [0.3, 0.4) is 0 Å². The standard InChI is InChI=1S/C21H20N6.C4H9N/c22-19-11-20(27-21(26-19)17(13-25-27)15-8-9-15)24-12-14-4-6-16(7-5-14)18-3-1-2-10-23-18;1-2-4-5-3-1/h1-7,10-11,13,15,24H,8-9,12H2,(H2,22,26);5H,1-4H2. The van der Waals surface area contributed by atoms with Crippen LogP contribution in [0, 0.1) is 0 Å². The summed E-state index contributed by atoms with van der Waals surface area (Å²) < 4.78 is 1.85. The fourth-order valence-electron chi connectivity index (χ4n) is 3.95. The first-order chi connectivity index (χ1) is 15.8. The molecule has 6 rings (SSSR count). The number of benzene rings is 1. The highest BCUT2D eigenvalue weighted by molar-refractivity contribution is 5.61. The molecule has 3 aromatic heterocycles. The van der Waals surface area contributed by atoms with Gasteiger partial charge in [0, 0.05) is 29.9 Å². The first-order valence-electron chi connectivity index (χ1n) is 11.4. The Morgan fingerprint density at radius 1 is 1.06 bits per heavy atom. The molecule has 2 fully saturated rings. The normalized spacial score (nSPS) is 15.4. The highest BCUT2D eigenvalue weighted by Gasteiger charge is 2.28. The Kier molecular flexibility index (Phi) is 5.98. The van der Waals surface area contributed by atoms with Gasteiger partial charge in [-0.3, -0.25) is 4.98 Å². The minimum Gasteiger partial charge on any atom is -0.384 e. The van der Waals surface area contributed by atoms with Gasteiger partial charge in [-0.1, -0.05) is 30.3 Å². The van der Waals surface area contributed by atoms with Gasteiger partial charge in [-0.05, 0) is 62.4 Å². The third kappa shape index (κ3) is 4.73. The van der Waals surface area contributed by atoms with Gasteiger partial charge in [-0.2, -0.15) is 9.61 Å². The first-order valence-corrected chi connectivity index (χ1v) is 11.4. The summed E-state index contributed by atoms with van der Waals surface area (Å²) in [6, 6.07) is 16.2. The van der Waals surface area contributed by atoms with E-state index in [0.29, 0.717) is 18.3 Å². The quantitative estimate of drug-likeness (QED) is 0.441. The van der Waals surface area contributed by atoms with Crippen molar-refractivity contribution in [1.29, 1.82) is 0 Å². The summed E-state index contributed by atoms with van der Waals surface area (Å²) in [4.78, 5) is 8.88. The van der Waals surface area contributed by atoms with Crippen molar-refractivity contribution < 1.29 is 0 Å². The third-order valence-corrected chi connectivity index (χ3v) is 5.88. The van der Waals surface area contributed by atoms with Crippen LogP contribution in [-0.2, 0) is 6.54 Å². The monoisotopic (exact) mass is 427 g/mol. The predicted molar refractivity (Wildman–Crippen MR) is 128 cm³/mol. The van der Waals surface area contributed by atoms with Crippen LogP contribution in [0.15, 0.2) is 60.9 Å². The zero-order valence-corrected chi connectivity index (χ0v) is 18.2. The molecule has 0 atom stereocenters. The molecular weight excluding hydrogens is 398 g/mol. The summed E-state index contributed by atoms with van der Waals surface area (Å²) in [5.41, 5.74) is 11.4. The molecule has 164 valence electrons. The number of fused-ring (bicyclic) bond motifs is 1. The Morgan fingerprint density at radius 3 is 2.53 bits per heavy atom. The lowest BCUT2D eigenvalue weighted by atomic mass is 10.1. The summed E-state index contributed by atoms with van der Waals surface area (Å²) in [6.07, 6.45) is 8.93. The lowest BCUT2D eigenvalue weighted by molar-refractivity contribution is 0.857. The van der Waals surface area contributed by atoms with Crippen LogP contribution in [0.4, 0.5) is 11.6 Å². The van der Waals surface area contributed by atoms with E-state index in [-0.39, 0.29) is 0 Å². The molecule has 7 heteroatoms. The average molecular weight is 428 g/mol. The first kappa shape index (κ1) is 20.5. The van der Waals surface area contributed by atoms with Crippen LogP contribution >= 0.6 is 0 Å². The molecule has 1 aliphatic heterocycles. The van der Waals surface area contributed by atoms with Crippen LogP contribution in [0.1, 0.15) is 42.7 Å². The van der Waals surface area contributed by atoms with Crippen molar-refractivity contribution in [3.8, 4) is 11.3 Å². The van der Waals surface area contributed by atoms with Crippen LogP contribution < -0.4 is 16.4 Å². The molecule has 2 aliphatic rings. The van der Waals surface area contributed by atoms with Gasteiger partial charge in [0.05, 0.1) is 11.9 Å². The van der Waals surface area contributed by atoms with Crippen molar-refractivity contribution in [3.05, 3.63) is 72.1 Å². The average Bonchev–Trinajstić information content (AvgIpc) is 3.30. The third-order valence-electron chi connectivity index (χ3n) is 5.88. The number of hydrogen-bond acceptors (Lipinski definition) is 6. The summed E-state index contributed by atoms with van der Waals surface area (Å²) in [6.45, 7) is 3.18. The van der Waals surface area contributed by atoms with Crippen molar-refractivity contribution >= 4 is 17.3 Å².